The first kappa shape index (κ1) is 28.5. The van der Waals surface area contributed by atoms with Gasteiger partial charge >= 0.3 is 35.6 Å². The zero-order valence-electron chi connectivity index (χ0n) is 23.2. The second kappa shape index (κ2) is 12.7. The molecule has 4 saturated carbocycles. The van der Waals surface area contributed by atoms with Gasteiger partial charge in [-0.05, 0) is 119 Å². The molecule has 0 spiro atoms. The number of rotatable bonds is 3. The van der Waals surface area contributed by atoms with Crippen molar-refractivity contribution in [2.75, 3.05) is 0 Å². The van der Waals surface area contributed by atoms with E-state index in [1.807, 2.05) is 0 Å². The van der Waals surface area contributed by atoms with Gasteiger partial charge in [0, 0.05) is 11.8 Å². The molecule has 0 nitrogen and oxygen atoms in total. The van der Waals surface area contributed by atoms with Crippen LogP contribution in [0, 0.1) is 61.2 Å². The molecule has 4 aromatic rings. The van der Waals surface area contributed by atoms with Gasteiger partial charge in [0.2, 0.25) is 0 Å². The molecule has 0 atom stereocenters. The normalized spacial score (nSPS) is 21.1. The van der Waals surface area contributed by atoms with E-state index in [4.69, 9.17) is 18.6 Å². The number of hydrogen-bond acceptors (Lipinski definition) is 0. The van der Waals surface area contributed by atoms with Crippen molar-refractivity contribution in [1.82, 2.24) is 0 Å². The first-order valence-corrected chi connectivity index (χ1v) is 19.1. The molecule has 0 unspecified atom stereocenters. The molecular weight excluding hydrogens is 575 g/mol. The molecule has 3 heteroatoms. The predicted octanol–water partition coefficient (Wildman–Crippen LogP) is 11.2. The topological polar surface area (TPSA) is 0 Å². The Morgan fingerprint density at radius 3 is 1.34 bits per heavy atom. The zero-order chi connectivity index (χ0) is 27.8. The van der Waals surface area contributed by atoms with Gasteiger partial charge in [-0.3, -0.25) is 0 Å². The SMILES string of the molecule is [CH]1[CH][C](c2ccc3ccccc3c2-c2c([C]3[CH][CH][C]4CCCC[C]43)ccc3ccccc23)[C]2CCCC[C]12.[Cl][Ti][Cl]. The van der Waals surface area contributed by atoms with Crippen molar-refractivity contribution in [1.29, 1.82) is 0 Å². The molecule has 0 saturated heterocycles. The summed E-state index contributed by atoms with van der Waals surface area (Å²) < 4.78 is 0. The molecule has 4 aliphatic rings. The number of halogens is 2. The molecule has 0 aliphatic heterocycles. The van der Waals surface area contributed by atoms with Crippen LogP contribution in [0.2, 0.25) is 0 Å². The summed E-state index contributed by atoms with van der Waals surface area (Å²) in [6, 6.07) is 27.5. The third kappa shape index (κ3) is 5.35. The molecule has 8 rings (SSSR count). The minimum atomic E-state index is -0.556. The van der Waals surface area contributed by atoms with Crippen molar-refractivity contribution < 1.29 is 17.0 Å². The molecule has 10 radical (unpaired) electrons. The molecule has 202 valence electrons. The number of benzene rings is 4. The standard InChI is InChI=1S/C38H32.2ClH.Ti/c1-5-13-29-25(9-1)17-21-33(29)35-23-19-27-11-3-7-15-31(27)37(35)38-32-16-8-4-12-28(32)20-24-36(38)34-22-18-26-10-2-6-14-30(26)34;;;/h3-4,7-8,11-12,15-24H,1-2,5-6,9-10,13-14H2;2*1H;/q;;;+2/p-2. The molecule has 0 amide bonds. The van der Waals surface area contributed by atoms with Crippen LogP contribution in [-0.4, -0.2) is 0 Å². The second-order valence-corrected chi connectivity index (χ2v) is 14.0. The van der Waals surface area contributed by atoms with Gasteiger partial charge in [0.15, 0.2) is 0 Å². The Morgan fingerprint density at radius 2 is 0.878 bits per heavy atom. The van der Waals surface area contributed by atoms with Gasteiger partial charge in [0.05, 0.1) is 0 Å². The summed E-state index contributed by atoms with van der Waals surface area (Å²) in [7, 11) is 9.78. The quantitative estimate of drug-likeness (QED) is 0.203. The first-order chi connectivity index (χ1) is 20.3. The molecule has 0 N–H and O–H groups in total. The van der Waals surface area contributed by atoms with Crippen molar-refractivity contribution in [3.63, 3.8) is 0 Å². The van der Waals surface area contributed by atoms with Gasteiger partial charge in [-0.1, -0.05) is 98.5 Å². The summed E-state index contributed by atoms with van der Waals surface area (Å²) in [4.78, 5) is 0. The van der Waals surface area contributed by atoms with E-state index in [0.29, 0.717) is 0 Å². The van der Waals surface area contributed by atoms with Crippen LogP contribution in [0.4, 0.5) is 0 Å². The zero-order valence-corrected chi connectivity index (χ0v) is 26.2. The summed E-state index contributed by atoms with van der Waals surface area (Å²) in [6.45, 7) is 0. The summed E-state index contributed by atoms with van der Waals surface area (Å²) in [5.74, 6) is 9.19. The van der Waals surface area contributed by atoms with Gasteiger partial charge < -0.3 is 0 Å². The predicted molar refractivity (Wildman–Crippen MR) is 170 cm³/mol. The third-order valence-electron chi connectivity index (χ3n) is 9.26. The van der Waals surface area contributed by atoms with Crippen molar-refractivity contribution in [2.24, 2.45) is 0 Å². The van der Waals surface area contributed by atoms with E-state index in [1.165, 1.54) is 107 Å². The Bertz CT molecular complexity index is 1400. The van der Waals surface area contributed by atoms with Crippen molar-refractivity contribution in [2.45, 2.75) is 51.4 Å². The minimum absolute atomic E-state index is 0.556. The van der Waals surface area contributed by atoms with Gasteiger partial charge in [0.25, 0.3) is 0 Å². The average Bonchev–Trinajstić information content (AvgIpc) is 3.65. The van der Waals surface area contributed by atoms with Crippen LogP contribution in [0.1, 0.15) is 62.5 Å². The fraction of sp³-hybridized carbons (Fsp3) is 0.211. The van der Waals surface area contributed by atoms with Crippen molar-refractivity contribution in [3.05, 3.63) is 145 Å². The number of fused-ring (bicyclic) bond motifs is 4. The Labute approximate surface area is 263 Å². The maximum atomic E-state index is 4.89. The molecule has 41 heavy (non-hydrogen) atoms. The van der Waals surface area contributed by atoms with E-state index < -0.39 is 17.0 Å². The molecule has 0 aromatic heterocycles. The van der Waals surface area contributed by atoms with E-state index in [1.54, 1.807) is 23.7 Å². The monoisotopic (exact) mass is 606 g/mol. The van der Waals surface area contributed by atoms with Crippen LogP contribution in [0.15, 0.2) is 72.8 Å². The van der Waals surface area contributed by atoms with Gasteiger partial charge in [-0.15, -0.1) is 0 Å². The van der Waals surface area contributed by atoms with E-state index in [-0.39, 0.29) is 0 Å². The summed E-state index contributed by atoms with van der Waals surface area (Å²) in [6.07, 6.45) is 19.7. The van der Waals surface area contributed by atoms with E-state index >= 15 is 0 Å². The van der Waals surface area contributed by atoms with Crippen LogP contribution >= 0.6 is 18.6 Å². The summed E-state index contributed by atoms with van der Waals surface area (Å²) in [5.41, 5.74) is 5.59. The van der Waals surface area contributed by atoms with Crippen LogP contribution in [0.5, 0.6) is 0 Å². The average molecular weight is 607 g/mol. The Hall–Kier alpha value is -1.31. The Balaban J connectivity index is 0.000000884. The fourth-order valence-corrected chi connectivity index (χ4v) is 7.44. The molecule has 4 aromatic carbocycles. The van der Waals surface area contributed by atoms with Crippen LogP contribution in [-0.2, 0) is 17.0 Å². The third-order valence-corrected chi connectivity index (χ3v) is 9.26. The van der Waals surface area contributed by atoms with E-state index in [2.05, 4.69) is 98.5 Å². The van der Waals surface area contributed by atoms with Crippen LogP contribution < -0.4 is 0 Å². The van der Waals surface area contributed by atoms with Gasteiger partial charge in [0.1, 0.15) is 0 Å². The van der Waals surface area contributed by atoms with E-state index in [9.17, 15) is 0 Å². The summed E-state index contributed by atoms with van der Waals surface area (Å²) in [5, 5.41) is 5.34. The molecule has 4 fully saturated rings. The molecular formula is C38H32Cl2Ti. The molecule has 0 bridgehead atoms. The van der Waals surface area contributed by atoms with Crippen molar-refractivity contribution >= 4 is 40.2 Å². The molecule has 4 aliphatic carbocycles. The first-order valence-electron chi connectivity index (χ1n) is 14.8. The Kier molecular flexibility index (Phi) is 8.84. The van der Waals surface area contributed by atoms with Gasteiger partial charge in [-0.2, -0.15) is 0 Å². The second-order valence-electron chi connectivity index (χ2n) is 11.4. The fourth-order valence-electron chi connectivity index (χ4n) is 7.44. The number of hydrogen-bond donors (Lipinski definition) is 0. The molecule has 0 heterocycles. The van der Waals surface area contributed by atoms with Crippen molar-refractivity contribution in [3.8, 4) is 11.1 Å². The summed E-state index contributed by atoms with van der Waals surface area (Å²) >= 11 is -0.556. The Morgan fingerprint density at radius 1 is 0.463 bits per heavy atom. The van der Waals surface area contributed by atoms with Crippen LogP contribution in [0.3, 0.4) is 0 Å². The van der Waals surface area contributed by atoms with E-state index in [0.717, 1.165) is 0 Å². The maximum absolute atomic E-state index is 4.89. The van der Waals surface area contributed by atoms with Gasteiger partial charge in [-0.25, -0.2) is 0 Å². The van der Waals surface area contributed by atoms with Crippen LogP contribution in [0.25, 0.3) is 32.7 Å².